The van der Waals surface area contributed by atoms with Crippen LogP contribution in [0.4, 0.5) is 0 Å². The molecule has 0 unspecified atom stereocenters. The van der Waals surface area contributed by atoms with Crippen LogP contribution in [0.3, 0.4) is 0 Å². The van der Waals surface area contributed by atoms with Crippen molar-refractivity contribution in [1.82, 2.24) is 9.55 Å². The van der Waals surface area contributed by atoms with Crippen molar-refractivity contribution in [3.05, 3.63) is 120 Å². The summed E-state index contributed by atoms with van der Waals surface area (Å²) in [5, 5.41) is 0. The standard InChI is InChI=1S/C26H24N2O2/c1-3-24(29)30-25-20(2)28(19-27-25)26(21-13-7-4-8-14-21,22-15-9-5-10-16-22)23-17-11-6-12-18-23/h4-19H,3H2,1-2H3. The Kier molecular flexibility index (Phi) is 5.48. The maximum Gasteiger partial charge on any atom is 0.312 e. The Morgan fingerprint density at radius 1 is 0.833 bits per heavy atom. The fourth-order valence-corrected chi connectivity index (χ4v) is 3.97. The molecule has 0 N–H and O–H groups in total. The van der Waals surface area contributed by atoms with Crippen LogP contribution in [0.15, 0.2) is 97.3 Å². The number of carbonyl (C=O) groups is 1. The highest BCUT2D eigenvalue weighted by atomic mass is 16.5. The number of ether oxygens (including phenoxy) is 1. The minimum atomic E-state index is -0.669. The first kappa shape index (κ1) is 19.6. The van der Waals surface area contributed by atoms with Crippen LogP contribution in [-0.4, -0.2) is 15.5 Å². The predicted molar refractivity (Wildman–Crippen MR) is 117 cm³/mol. The smallest absolute Gasteiger partial charge is 0.312 e. The lowest BCUT2D eigenvalue weighted by Crippen LogP contribution is -2.38. The molecule has 0 fully saturated rings. The zero-order valence-corrected chi connectivity index (χ0v) is 17.2. The highest BCUT2D eigenvalue weighted by Gasteiger charge is 2.40. The molecule has 4 rings (SSSR count). The maximum atomic E-state index is 11.9. The molecule has 4 heteroatoms. The van der Waals surface area contributed by atoms with Gasteiger partial charge in [-0.15, -0.1) is 0 Å². The summed E-state index contributed by atoms with van der Waals surface area (Å²) in [6, 6.07) is 31.0. The number of hydrogen-bond acceptors (Lipinski definition) is 3. The maximum absolute atomic E-state index is 11.9. The van der Waals surface area contributed by atoms with Crippen LogP contribution in [0.1, 0.15) is 35.7 Å². The second kappa shape index (κ2) is 8.37. The average molecular weight is 396 g/mol. The summed E-state index contributed by atoms with van der Waals surface area (Å²) < 4.78 is 7.61. The molecule has 1 heterocycles. The first-order valence-corrected chi connectivity index (χ1v) is 10.1. The number of imidazole rings is 1. The van der Waals surface area contributed by atoms with E-state index in [9.17, 15) is 4.79 Å². The second-order valence-corrected chi connectivity index (χ2v) is 7.14. The quantitative estimate of drug-likeness (QED) is 0.326. The Balaban J connectivity index is 2.05. The van der Waals surface area contributed by atoms with E-state index in [-0.39, 0.29) is 5.97 Å². The zero-order valence-electron chi connectivity index (χ0n) is 17.2. The van der Waals surface area contributed by atoms with E-state index in [0.29, 0.717) is 12.3 Å². The van der Waals surface area contributed by atoms with Crippen molar-refractivity contribution in [2.24, 2.45) is 0 Å². The van der Waals surface area contributed by atoms with Gasteiger partial charge in [0.05, 0.1) is 5.69 Å². The van der Waals surface area contributed by atoms with E-state index in [4.69, 9.17) is 4.74 Å². The van der Waals surface area contributed by atoms with Gasteiger partial charge in [0.25, 0.3) is 0 Å². The Labute approximate surface area is 176 Å². The Bertz CT molecular complexity index is 1020. The topological polar surface area (TPSA) is 44.1 Å². The van der Waals surface area contributed by atoms with Crippen LogP contribution in [0, 0.1) is 6.92 Å². The van der Waals surface area contributed by atoms with Gasteiger partial charge >= 0.3 is 5.97 Å². The Hall–Kier alpha value is -3.66. The highest BCUT2D eigenvalue weighted by Crippen LogP contribution is 2.42. The second-order valence-electron chi connectivity index (χ2n) is 7.14. The Morgan fingerprint density at radius 2 is 1.27 bits per heavy atom. The number of hydrogen-bond donors (Lipinski definition) is 0. The molecule has 30 heavy (non-hydrogen) atoms. The molecule has 0 amide bonds. The van der Waals surface area contributed by atoms with Crippen molar-refractivity contribution < 1.29 is 9.53 Å². The molecule has 0 saturated heterocycles. The van der Waals surface area contributed by atoms with Gasteiger partial charge in [0, 0.05) is 6.42 Å². The molecule has 0 aliphatic carbocycles. The lowest BCUT2D eigenvalue weighted by molar-refractivity contribution is -0.134. The van der Waals surface area contributed by atoms with Crippen LogP contribution in [0.5, 0.6) is 5.88 Å². The zero-order chi connectivity index (χ0) is 21.0. The third-order valence-corrected chi connectivity index (χ3v) is 5.40. The highest BCUT2D eigenvalue weighted by molar-refractivity contribution is 5.71. The van der Waals surface area contributed by atoms with E-state index in [1.165, 1.54) is 0 Å². The summed E-state index contributed by atoms with van der Waals surface area (Å²) in [4.78, 5) is 16.4. The van der Waals surface area contributed by atoms with Crippen LogP contribution in [-0.2, 0) is 10.3 Å². The summed E-state index contributed by atoms with van der Waals surface area (Å²) in [5.74, 6) is 0.0436. The third-order valence-electron chi connectivity index (χ3n) is 5.40. The summed E-state index contributed by atoms with van der Waals surface area (Å²) in [5.41, 5.74) is 3.40. The molecule has 0 saturated carbocycles. The average Bonchev–Trinajstić information content (AvgIpc) is 3.17. The van der Waals surface area contributed by atoms with Gasteiger partial charge in [0.1, 0.15) is 11.9 Å². The van der Waals surface area contributed by atoms with E-state index < -0.39 is 5.54 Å². The molecule has 4 aromatic rings. The monoisotopic (exact) mass is 396 g/mol. The normalized spacial score (nSPS) is 11.3. The lowest BCUT2D eigenvalue weighted by Gasteiger charge is -2.38. The van der Waals surface area contributed by atoms with Crippen molar-refractivity contribution in [2.45, 2.75) is 25.8 Å². The van der Waals surface area contributed by atoms with E-state index >= 15 is 0 Å². The van der Waals surface area contributed by atoms with E-state index in [1.54, 1.807) is 13.3 Å². The minimum absolute atomic E-state index is 0.298. The SMILES string of the molecule is CCC(=O)Oc1ncn(C(c2ccccc2)(c2ccccc2)c2ccccc2)c1C. The fourth-order valence-electron chi connectivity index (χ4n) is 3.97. The molecule has 0 atom stereocenters. The first-order valence-electron chi connectivity index (χ1n) is 10.1. The van der Waals surface area contributed by atoms with Gasteiger partial charge in [0.15, 0.2) is 0 Å². The fraction of sp³-hybridized carbons (Fsp3) is 0.154. The van der Waals surface area contributed by atoms with Crippen LogP contribution >= 0.6 is 0 Å². The van der Waals surface area contributed by atoms with Crippen LogP contribution in [0.2, 0.25) is 0 Å². The molecular weight excluding hydrogens is 372 g/mol. The number of nitrogens with zero attached hydrogens (tertiary/aromatic N) is 2. The van der Waals surface area contributed by atoms with Crippen molar-refractivity contribution in [2.75, 3.05) is 0 Å². The third kappa shape index (κ3) is 3.30. The number of rotatable bonds is 6. The van der Waals surface area contributed by atoms with Gasteiger partial charge in [-0.25, -0.2) is 4.98 Å². The van der Waals surface area contributed by atoms with Crippen molar-refractivity contribution >= 4 is 5.97 Å². The summed E-state index contributed by atoms with van der Waals surface area (Å²) >= 11 is 0. The van der Waals surface area contributed by atoms with Gasteiger partial charge in [-0.3, -0.25) is 4.79 Å². The van der Waals surface area contributed by atoms with E-state index in [0.717, 1.165) is 22.4 Å². The summed E-state index contributed by atoms with van der Waals surface area (Å²) in [7, 11) is 0. The summed E-state index contributed by atoms with van der Waals surface area (Å²) in [6.45, 7) is 3.71. The molecule has 0 radical (unpaired) electrons. The van der Waals surface area contributed by atoms with E-state index in [2.05, 4.69) is 45.9 Å². The van der Waals surface area contributed by atoms with Gasteiger partial charge in [-0.2, -0.15) is 0 Å². The van der Waals surface area contributed by atoms with Gasteiger partial charge in [-0.05, 0) is 23.6 Å². The number of esters is 1. The molecule has 1 aromatic heterocycles. The van der Waals surface area contributed by atoms with Gasteiger partial charge in [-0.1, -0.05) is 97.9 Å². The summed E-state index contributed by atoms with van der Waals surface area (Å²) in [6.07, 6.45) is 2.06. The molecule has 0 aliphatic heterocycles. The van der Waals surface area contributed by atoms with Crippen LogP contribution in [0.25, 0.3) is 0 Å². The van der Waals surface area contributed by atoms with E-state index in [1.807, 2.05) is 61.5 Å². The van der Waals surface area contributed by atoms with Crippen molar-refractivity contribution in [3.8, 4) is 5.88 Å². The van der Waals surface area contributed by atoms with Crippen molar-refractivity contribution in [1.29, 1.82) is 0 Å². The number of aromatic nitrogens is 2. The molecule has 0 aliphatic rings. The molecule has 0 bridgehead atoms. The first-order chi connectivity index (χ1) is 14.7. The Morgan fingerprint density at radius 3 is 1.67 bits per heavy atom. The molecule has 150 valence electrons. The minimum Gasteiger partial charge on any atom is -0.405 e. The molecule has 3 aromatic carbocycles. The largest absolute Gasteiger partial charge is 0.405 e. The van der Waals surface area contributed by atoms with Crippen LogP contribution < -0.4 is 4.74 Å². The predicted octanol–water partition coefficient (Wildman–Crippen LogP) is 5.35. The number of carbonyl (C=O) groups excluding carboxylic acids is 1. The van der Waals surface area contributed by atoms with Crippen molar-refractivity contribution in [3.63, 3.8) is 0 Å². The van der Waals surface area contributed by atoms with Gasteiger partial charge in [0.2, 0.25) is 5.88 Å². The van der Waals surface area contributed by atoms with Gasteiger partial charge < -0.3 is 9.30 Å². The number of benzene rings is 3. The molecule has 0 spiro atoms. The lowest BCUT2D eigenvalue weighted by atomic mass is 9.76. The molecular formula is C26H24N2O2. The molecule has 4 nitrogen and oxygen atoms in total.